The highest BCUT2D eigenvalue weighted by Crippen LogP contribution is 2.27. The van der Waals surface area contributed by atoms with E-state index in [-0.39, 0.29) is 17.1 Å². The van der Waals surface area contributed by atoms with Gasteiger partial charge in [-0.1, -0.05) is 18.6 Å². The molecule has 1 aromatic carbocycles. The van der Waals surface area contributed by atoms with E-state index in [9.17, 15) is 8.42 Å². The van der Waals surface area contributed by atoms with E-state index in [1.165, 1.54) is 31.2 Å². The van der Waals surface area contributed by atoms with E-state index in [0.717, 1.165) is 18.8 Å². The second-order valence-electron chi connectivity index (χ2n) is 7.98. The summed E-state index contributed by atoms with van der Waals surface area (Å²) in [6.07, 6.45) is 6.73. The van der Waals surface area contributed by atoms with Crippen LogP contribution >= 0.6 is 0 Å². The van der Waals surface area contributed by atoms with E-state index in [4.69, 9.17) is 0 Å². The van der Waals surface area contributed by atoms with Crippen LogP contribution in [0.4, 0.5) is 5.69 Å². The first-order valence-corrected chi connectivity index (χ1v) is 11.4. The molecule has 2 aliphatic rings. The quantitative estimate of drug-likeness (QED) is 0.828. The van der Waals surface area contributed by atoms with Gasteiger partial charge in [-0.25, -0.2) is 13.4 Å². The van der Waals surface area contributed by atoms with E-state index >= 15 is 0 Å². The summed E-state index contributed by atoms with van der Waals surface area (Å²) < 4.78 is 29.5. The van der Waals surface area contributed by atoms with Gasteiger partial charge in [-0.15, -0.1) is 0 Å². The Morgan fingerprint density at radius 3 is 2.61 bits per heavy atom. The predicted octanol–water partition coefficient (Wildman–Crippen LogP) is 2.07. The number of anilines is 1. The summed E-state index contributed by atoms with van der Waals surface area (Å²) in [7, 11) is -1.80. The zero-order valence-electron chi connectivity index (χ0n) is 16.6. The summed E-state index contributed by atoms with van der Waals surface area (Å²) in [6, 6.07) is 8.49. The van der Waals surface area contributed by atoms with Crippen LogP contribution in [0.15, 0.2) is 41.8 Å². The van der Waals surface area contributed by atoms with E-state index in [0.29, 0.717) is 13.1 Å². The van der Waals surface area contributed by atoms with Crippen molar-refractivity contribution in [1.82, 2.24) is 18.8 Å². The Balaban J connectivity index is 1.59. The molecule has 0 saturated carbocycles. The maximum Gasteiger partial charge on any atom is 0.262 e. The number of hydrogen-bond acceptors (Lipinski definition) is 5. The van der Waals surface area contributed by atoms with Gasteiger partial charge in [0.05, 0.1) is 12.4 Å². The second-order valence-corrected chi connectivity index (χ2v) is 9.87. The Hall–Kier alpha value is -1.90. The SMILES string of the molecule is Cc1cccc(N[C@H]2CN(S(=O)(=O)c3cn(C)cn3)C[C@@H]2N2CCCCC2)c1. The Morgan fingerprint density at radius 2 is 1.93 bits per heavy atom. The lowest BCUT2D eigenvalue weighted by molar-refractivity contribution is 0.163. The van der Waals surface area contributed by atoms with Crippen LogP contribution in [0.25, 0.3) is 0 Å². The lowest BCUT2D eigenvalue weighted by atomic mass is 10.0. The molecule has 2 aromatic rings. The van der Waals surface area contributed by atoms with Gasteiger partial charge in [0, 0.05) is 38.1 Å². The number of hydrogen-bond donors (Lipinski definition) is 1. The molecular weight excluding hydrogens is 374 g/mol. The molecule has 2 saturated heterocycles. The summed E-state index contributed by atoms with van der Waals surface area (Å²) in [5.41, 5.74) is 2.24. The van der Waals surface area contributed by atoms with Crippen molar-refractivity contribution in [3.63, 3.8) is 0 Å². The molecule has 28 heavy (non-hydrogen) atoms. The Kier molecular flexibility index (Phi) is 5.44. The number of piperidine rings is 1. The van der Waals surface area contributed by atoms with Crippen molar-refractivity contribution in [3.8, 4) is 0 Å². The molecule has 1 N–H and O–H groups in total. The molecule has 0 aliphatic carbocycles. The van der Waals surface area contributed by atoms with Crippen LogP contribution in [0.3, 0.4) is 0 Å². The van der Waals surface area contributed by atoms with Crippen molar-refractivity contribution in [2.45, 2.75) is 43.3 Å². The summed E-state index contributed by atoms with van der Waals surface area (Å²) in [4.78, 5) is 6.55. The van der Waals surface area contributed by atoms with Crippen LogP contribution in [-0.2, 0) is 17.1 Å². The average Bonchev–Trinajstić information content (AvgIpc) is 3.30. The van der Waals surface area contributed by atoms with Crippen molar-refractivity contribution in [1.29, 1.82) is 0 Å². The third kappa shape index (κ3) is 3.94. The molecule has 4 rings (SSSR count). The van der Waals surface area contributed by atoms with Gasteiger partial charge in [0.2, 0.25) is 0 Å². The molecule has 0 radical (unpaired) electrons. The minimum absolute atomic E-state index is 0.0541. The minimum atomic E-state index is -3.59. The molecule has 3 heterocycles. The van der Waals surface area contributed by atoms with Gasteiger partial charge in [0.1, 0.15) is 0 Å². The monoisotopic (exact) mass is 403 g/mol. The van der Waals surface area contributed by atoms with Crippen molar-refractivity contribution < 1.29 is 8.42 Å². The number of nitrogens with zero attached hydrogens (tertiary/aromatic N) is 4. The smallest absolute Gasteiger partial charge is 0.262 e. The highest BCUT2D eigenvalue weighted by atomic mass is 32.2. The number of aryl methyl sites for hydroxylation is 2. The summed E-state index contributed by atoms with van der Waals surface area (Å²) in [5.74, 6) is 0. The van der Waals surface area contributed by atoms with Crippen molar-refractivity contribution >= 4 is 15.7 Å². The minimum Gasteiger partial charge on any atom is -0.379 e. The molecule has 0 bridgehead atoms. The number of benzene rings is 1. The lowest BCUT2D eigenvalue weighted by Crippen LogP contribution is -2.48. The molecule has 1 aromatic heterocycles. The normalized spacial score (nSPS) is 24.5. The largest absolute Gasteiger partial charge is 0.379 e. The standard InChI is InChI=1S/C20H29N5O2S/c1-16-7-6-8-17(11-16)22-18-12-25(13-19(18)24-9-4-3-5-10-24)28(26,27)20-14-23(2)15-21-20/h6-8,11,14-15,18-19,22H,3-5,9-10,12-13H2,1-2H3/t18-,19-/m0/s1. The highest BCUT2D eigenvalue weighted by molar-refractivity contribution is 7.89. The molecule has 0 spiro atoms. The summed E-state index contributed by atoms with van der Waals surface area (Å²) in [5, 5.41) is 3.74. The van der Waals surface area contributed by atoms with Crippen LogP contribution in [0, 0.1) is 6.92 Å². The van der Waals surface area contributed by atoms with Crippen molar-refractivity contribution in [3.05, 3.63) is 42.4 Å². The van der Waals surface area contributed by atoms with Crippen molar-refractivity contribution in [2.24, 2.45) is 7.05 Å². The maximum atomic E-state index is 13.1. The maximum absolute atomic E-state index is 13.1. The Labute approximate surface area is 167 Å². The molecular formula is C20H29N5O2S. The average molecular weight is 404 g/mol. The van der Waals surface area contributed by atoms with Gasteiger partial charge in [0.15, 0.2) is 5.03 Å². The van der Waals surface area contributed by atoms with Crippen LogP contribution in [0.5, 0.6) is 0 Å². The zero-order chi connectivity index (χ0) is 19.7. The molecule has 2 fully saturated rings. The van der Waals surface area contributed by atoms with Gasteiger partial charge in [-0.3, -0.25) is 4.90 Å². The third-order valence-corrected chi connectivity index (χ3v) is 7.49. The van der Waals surface area contributed by atoms with Crippen LogP contribution in [0.1, 0.15) is 24.8 Å². The molecule has 7 nitrogen and oxygen atoms in total. The van der Waals surface area contributed by atoms with Gasteiger partial charge >= 0.3 is 0 Å². The molecule has 2 aliphatic heterocycles. The zero-order valence-corrected chi connectivity index (χ0v) is 17.4. The molecule has 2 atom stereocenters. The van der Waals surface area contributed by atoms with Crippen LogP contribution in [-0.4, -0.2) is 65.4 Å². The fourth-order valence-corrected chi connectivity index (χ4v) is 5.76. The number of imidazole rings is 1. The fraction of sp³-hybridized carbons (Fsp3) is 0.550. The topological polar surface area (TPSA) is 70.5 Å². The second kappa shape index (κ2) is 7.85. The molecule has 0 amide bonds. The summed E-state index contributed by atoms with van der Waals surface area (Å²) in [6.45, 7) is 5.10. The Morgan fingerprint density at radius 1 is 1.14 bits per heavy atom. The first-order valence-electron chi connectivity index (χ1n) is 9.99. The van der Waals surface area contributed by atoms with E-state index in [2.05, 4.69) is 40.3 Å². The number of sulfonamides is 1. The lowest BCUT2D eigenvalue weighted by Gasteiger charge is -2.35. The van der Waals surface area contributed by atoms with Crippen LogP contribution in [0.2, 0.25) is 0 Å². The third-order valence-electron chi connectivity index (χ3n) is 5.77. The number of likely N-dealkylation sites (tertiary alicyclic amines) is 1. The van der Waals surface area contributed by atoms with Gasteiger partial charge in [-0.2, -0.15) is 4.31 Å². The predicted molar refractivity (Wildman–Crippen MR) is 110 cm³/mol. The first-order chi connectivity index (χ1) is 13.4. The van der Waals surface area contributed by atoms with E-state index in [1.807, 2.05) is 6.07 Å². The fourth-order valence-electron chi connectivity index (χ4n) is 4.31. The van der Waals surface area contributed by atoms with Gasteiger partial charge < -0.3 is 9.88 Å². The number of nitrogens with one attached hydrogen (secondary N) is 1. The highest BCUT2D eigenvalue weighted by Gasteiger charge is 2.42. The van der Waals surface area contributed by atoms with Crippen molar-refractivity contribution in [2.75, 3.05) is 31.5 Å². The van der Waals surface area contributed by atoms with E-state index in [1.54, 1.807) is 22.1 Å². The first kappa shape index (κ1) is 19.4. The Bertz CT molecular complexity index is 920. The number of aromatic nitrogens is 2. The molecule has 0 unspecified atom stereocenters. The molecule has 8 heteroatoms. The molecule has 152 valence electrons. The summed E-state index contributed by atoms with van der Waals surface area (Å²) >= 11 is 0. The van der Waals surface area contributed by atoms with Gasteiger partial charge in [0.25, 0.3) is 10.0 Å². The number of rotatable bonds is 5. The van der Waals surface area contributed by atoms with Gasteiger partial charge in [-0.05, 0) is 50.6 Å². The van der Waals surface area contributed by atoms with Crippen LogP contribution < -0.4 is 5.32 Å². The van der Waals surface area contributed by atoms with E-state index < -0.39 is 10.0 Å².